The van der Waals surface area contributed by atoms with Crippen LogP contribution in [0.15, 0.2) is 29.0 Å². The van der Waals surface area contributed by atoms with Crippen molar-refractivity contribution in [3.05, 3.63) is 29.0 Å². The molecule has 0 aliphatic heterocycles. The van der Waals surface area contributed by atoms with Gasteiger partial charge in [0.2, 0.25) is 5.91 Å². The zero-order chi connectivity index (χ0) is 14.5. The quantitative estimate of drug-likeness (QED) is 0.880. The van der Waals surface area contributed by atoms with Crippen LogP contribution in [0, 0.1) is 0 Å². The van der Waals surface area contributed by atoms with Gasteiger partial charge in [0.25, 0.3) is 0 Å². The van der Waals surface area contributed by atoms with Crippen molar-refractivity contribution in [3.8, 4) is 0 Å². The third kappa shape index (κ3) is 3.45. The normalized spacial score (nSPS) is 12.2. The lowest BCUT2D eigenvalue weighted by Gasteiger charge is -2.15. The summed E-state index contributed by atoms with van der Waals surface area (Å²) in [4.78, 5) is 20.3. The Kier molecular flexibility index (Phi) is 4.89. The van der Waals surface area contributed by atoms with E-state index >= 15 is 0 Å². The fourth-order valence-corrected chi connectivity index (χ4v) is 2.18. The Hall–Kier alpha value is -1.69. The number of amides is 1. The first-order valence-electron chi connectivity index (χ1n) is 6.56. The summed E-state index contributed by atoms with van der Waals surface area (Å²) >= 11 is 3.43. The van der Waals surface area contributed by atoms with E-state index in [1.165, 1.54) is 6.33 Å². The molecule has 20 heavy (non-hydrogen) atoms. The second-order valence-electron chi connectivity index (χ2n) is 4.54. The van der Waals surface area contributed by atoms with Gasteiger partial charge in [-0.2, -0.15) is 0 Å². The molecular formula is C14H17BrN4O. The number of carbonyl (C=O) groups is 1. The first-order valence-corrected chi connectivity index (χ1v) is 7.35. The fourth-order valence-electron chi connectivity index (χ4n) is 1.82. The topological polar surface area (TPSA) is 66.9 Å². The Morgan fingerprint density at radius 1 is 1.40 bits per heavy atom. The zero-order valence-corrected chi connectivity index (χ0v) is 13.1. The summed E-state index contributed by atoms with van der Waals surface area (Å²) < 4.78 is 0.950. The molecular weight excluding hydrogens is 320 g/mol. The first-order chi connectivity index (χ1) is 9.61. The van der Waals surface area contributed by atoms with E-state index in [0.29, 0.717) is 12.4 Å². The van der Waals surface area contributed by atoms with Gasteiger partial charge in [0.05, 0.1) is 5.52 Å². The van der Waals surface area contributed by atoms with E-state index in [4.69, 9.17) is 0 Å². The zero-order valence-electron chi connectivity index (χ0n) is 11.5. The Labute approximate surface area is 126 Å². The summed E-state index contributed by atoms with van der Waals surface area (Å²) in [5.41, 5.74) is 0.840. The summed E-state index contributed by atoms with van der Waals surface area (Å²) in [5.74, 6) is 0.629. The predicted molar refractivity (Wildman–Crippen MR) is 83.6 cm³/mol. The van der Waals surface area contributed by atoms with Crippen LogP contribution in [0.1, 0.15) is 20.3 Å². The molecule has 6 heteroatoms. The summed E-state index contributed by atoms with van der Waals surface area (Å²) in [7, 11) is 0. The van der Waals surface area contributed by atoms with Crippen LogP contribution in [0.5, 0.6) is 0 Å². The van der Waals surface area contributed by atoms with Crippen molar-refractivity contribution in [1.29, 1.82) is 0 Å². The van der Waals surface area contributed by atoms with Gasteiger partial charge in [-0.25, -0.2) is 9.97 Å². The highest BCUT2D eigenvalue weighted by atomic mass is 79.9. The third-order valence-corrected chi connectivity index (χ3v) is 3.39. The highest BCUT2D eigenvalue weighted by Crippen LogP contribution is 2.23. The van der Waals surface area contributed by atoms with E-state index in [2.05, 4.69) is 36.5 Å². The van der Waals surface area contributed by atoms with Gasteiger partial charge in [-0.15, -0.1) is 0 Å². The minimum atomic E-state index is -0.348. The minimum absolute atomic E-state index is 0.0337. The minimum Gasteiger partial charge on any atom is -0.358 e. The van der Waals surface area contributed by atoms with Crippen LogP contribution in [-0.2, 0) is 4.79 Å². The van der Waals surface area contributed by atoms with E-state index in [1.807, 2.05) is 32.0 Å². The molecule has 5 nitrogen and oxygen atoms in total. The Bertz CT molecular complexity index is 617. The molecule has 2 N–H and O–H groups in total. The van der Waals surface area contributed by atoms with Crippen molar-refractivity contribution in [2.24, 2.45) is 0 Å². The third-order valence-electron chi connectivity index (χ3n) is 2.89. The van der Waals surface area contributed by atoms with Crippen LogP contribution in [-0.4, -0.2) is 28.5 Å². The number of nitrogens with zero attached hydrogens (tertiary/aromatic N) is 2. The molecule has 0 aliphatic carbocycles. The molecule has 0 bridgehead atoms. The average Bonchev–Trinajstić information content (AvgIpc) is 2.45. The van der Waals surface area contributed by atoms with E-state index < -0.39 is 0 Å². The van der Waals surface area contributed by atoms with Crippen molar-refractivity contribution in [2.75, 3.05) is 11.9 Å². The number of anilines is 1. The SMILES string of the molecule is CCCNC(=O)[C@H](C)Nc1ncnc2ccc(Br)cc12. The van der Waals surface area contributed by atoms with Gasteiger partial charge >= 0.3 is 0 Å². The second kappa shape index (κ2) is 6.65. The maximum Gasteiger partial charge on any atom is 0.242 e. The maximum absolute atomic E-state index is 11.9. The summed E-state index contributed by atoms with van der Waals surface area (Å²) in [5, 5.41) is 6.88. The molecule has 0 aliphatic rings. The molecule has 1 aromatic carbocycles. The fraction of sp³-hybridized carbons (Fsp3) is 0.357. The molecule has 1 atom stereocenters. The molecule has 0 fully saturated rings. The Morgan fingerprint density at radius 2 is 2.20 bits per heavy atom. The van der Waals surface area contributed by atoms with Crippen molar-refractivity contribution in [2.45, 2.75) is 26.3 Å². The van der Waals surface area contributed by atoms with E-state index in [9.17, 15) is 4.79 Å². The lowest BCUT2D eigenvalue weighted by Crippen LogP contribution is -2.38. The van der Waals surface area contributed by atoms with Crippen molar-refractivity contribution in [1.82, 2.24) is 15.3 Å². The number of fused-ring (bicyclic) bond motifs is 1. The lowest BCUT2D eigenvalue weighted by atomic mass is 10.2. The molecule has 2 aromatic rings. The Balaban J connectivity index is 2.21. The number of nitrogens with one attached hydrogen (secondary N) is 2. The van der Waals surface area contributed by atoms with E-state index in [-0.39, 0.29) is 11.9 Å². The summed E-state index contributed by atoms with van der Waals surface area (Å²) in [6, 6.07) is 5.43. The van der Waals surface area contributed by atoms with Crippen molar-refractivity contribution >= 4 is 38.6 Å². The van der Waals surface area contributed by atoms with Gasteiger partial charge in [-0.3, -0.25) is 4.79 Å². The molecule has 0 unspecified atom stereocenters. The molecule has 0 saturated carbocycles. The van der Waals surface area contributed by atoms with Gasteiger partial charge in [0, 0.05) is 16.4 Å². The van der Waals surface area contributed by atoms with Gasteiger partial charge in [-0.05, 0) is 31.5 Å². The molecule has 106 valence electrons. The smallest absolute Gasteiger partial charge is 0.242 e. The van der Waals surface area contributed by atoms with Crippen molar-refractivity contribution < 1.29 is 4.79 Å². The highest BCUT2D eigenvalue weighted by Gasteiger charge is 2.14. The van der Waals surface area contributed by atoms with Gasteiger partial charge in [0.1, 0.15) is 18.2 Å². The lowest BCUT2D eigenvalue weighted by molar-refractivity contribution is -0.121. The number of benzene rings is 1. The van der Waals surface area contributed by atoms with Gasteiger partial charge in [-0.1, -0.05) is 22.9 Å². The average molecular weight is 337 g/mol. The van der Waals surface area contributed by atoms with Crippen LogP contribution in [0.4, 0.5) is 5.82 Å². The molecule has 1 heterocycles. The first kappa shape index (κ1) is 14.7. The van der Waals surface area contributed by atoms with Gasteiger partial charge < -0.3 is 10.6 Å². The van der Waals surface area contributed by atoms with Crippen LogP contribution >= 0.6 is 15.9 Å². The summed E-state index contributed by atoms with van der Waals surface area (Å²) in [6.45, 7) is 4.52. The number of carbonyl (C=O) groups excluding carboxylic acids is 1. The number of rotatable bonds is 5. The standard InChI is InChI=1S/C14H17BrN4O/c1-3-6-16-14(20)9(2)19-13-11-7-10(15)4-5-12(11)17-8-18-13/h4-5,7-9H,3,6H2,1-2H3,(H,16,20)(H,17,18,19)/t9-/m0/s1. The van der Waals surface area contributed by atoms with E-state index in [0.717, 1.165) is 21.8 Å². The molecule has 1 aromatic heterocycles. The summed E-state index contributed by atoms with van der Waals surface area (Å²) in [6.07, 6.45) is 2.41. The highest BCUT2D eigenvalue weighted by molar-refractivity contribution is 9.10. The number of hydrogen-bond acceptors (Lipinski definition) is 4. The molecule has 0 saturated heterocycles. The monoisotopic (exact) mass is 336 g/mol. The number of halogens is 1. The number of aromatic nitrogens is 2. The molecule has 1 amide bonds. The van der Waals surface area contributed by atoms with Crippen LogP contribution in [0.25, 0.3) is 10.9 Å². The molecule has 2 rings (SSSR count). The van der Waals surface area contributed by atoms with Crippen LogP contribution in [0.3, 0.4) is 0 Å². The molecule has 0 spiro atoms. The van der Waals surface area contributed by atoms with Crippen LogP contribution in [0.2, 0.25) is 0 Å². The maximum atomic E-state index is 11.9. The van der Waals surface area contributed by atoms with E-state index in [1.54, 1.807) is 0 Å². The molecule has 0 radical (unpaired) electrons. The van der Waals surface area contributed by atoms with Gasteiger partial charge in [0.15, 0.2) is 0 Å². The Morgan fingerprint density at radius 3 is 2.95 bits per heavy atom. The largest absolute Gasteiger partial charge is 0.358 e. The van der Waals surface area contributed by atoms with Crippen LogP contribution < -0.4 is 10.6 Å². The van der Waals surface area contributed by atoms with Crippen molar-refractivity contribution in [3.63, 3.8) is 0 Å². The predicted octanol–water partition coefficient (Wildman–Crippen LogP) is 2.72. The second-order valence-corrected chi connectivity index (χ2v) is 5.46. The number of hydrogen-bond donors (Lipinski definition) is 2.